The second-order valence-corrected chi connectivity index (χ2v) is 4.99. The lowest BCUT2D eigenvalue weighted by Crippen LogP contribution is -2.14. The van der Waals surface area contributed by atoms with Crippen LogP contribution in [0.5, 0.6) is 0 Å². The number of nitrogens with zero attached hydrogens (tertiary/aromatic N) is 2. The highest BCUT2D eigenvalue weighted by atomic mass is 79.9. The maximum atomic E-state index is 12.4. The van der Waals surface area contributed by atoms with Gasteiger partial charge in [0.2, 0.25) is 10.0 Å². The van der Waals surface area contributed by atoms with Gasteiger partial charge in [-0.2, -0.15) is 5.26 Å². The van der Waals surface area contributed by atoms with Gasteiger partial charge in [0.1, 0.15) is 16.7 Å². The fourth-order valence-corrected chi connectivity index (χ4v) is 2.52. The SMILES string of the molecule is N#Cc1nc(C(F)F)cc(S(N)(=O)=O)c1Br. The van der Waals surface area contributed by atoms with Crippen molar-refractivity contribution in [3.05, 3.63) is 21.9 Å². The summed E-state index contributed by atoms with van der Waals surface area (Å²) >= 11 is 2.77. The van der Waals surface area contributed by atoms with Crippen molar-refractivity contribution in [1.82, 2.24) is 4.98 Å². The van der Waals surface area contributed by atoms with Crippen molar-refractivity contribution in [1.29, 1.82) is 5.26 Å². The molecule has 0 bridgehead atoms. The van der Waals surface area contributed by atoms with Crippen LogP contribution in [0.1, 0.15) is 17.8 Å². The number of pyridine rings is 1. The Morgan fingerprint density at radius 3 is 2.50 bits per heavy atom. The van der Waals surface area contributed by atoms with Crippen molar-refractivity contribution in [2.24, 2.45) is 5.14 Å². The number of rotatable bonds is 2. The molecule has 0 aliphatic carbocycles. The van der Waals surface area contributed by atoms with Gasteiger partial charge in [0.15, 0.2) is 5.69 Å². The molecule has 0 atom stereocenters. The van der Waals surface area contributed by atoms with E-state index >= 15 is 0 Å². The van der Waals surface area contributed by atoms with Crippen LogP contribution in [0.25, 0.3) is 0 Å². The summed E-state index contributed by atoms with van der Waals surface area (Å²) in [6.45, 7) is 0. The van der Waals surface area contributed by atoms with Crippen LogP contribution in [0.15, 0.2) is 15.4 Å². The molecule has 9 heteroatoms. The van der Waals surface area contributed by atoms with Crippen LogP contribution in [-0.2, 0) is 10.0 Å². The summed E-state index contributed by atoms with van der Waals surface area (Å²) in [6.07, 6.45) is -2.99. The monoisotopic (exact) mass is 311 g/mol. The van der Waals surface area contributed by atoms with E-state index in [1.54, 1.807) is 0 Å². The number of nitriles is 1. The Balaban J connectivity index is 3.63. The molecule has 0 radical (unpaired) electrons. The van der Waals surface area contributed by atoms with E-state index in [2.05, 4.69) is 20.9 Å². The summed E-state index contributed by atoms with van der Waals surface area (Å²) in [5.74, 6) is 0. The van der Waals surface area contributed by atoms with Gasteiger partial charge in [-0.3, -0.25) is 0 Å². The summed E-state index contributed by atoms with van der Waals surface area (Å²) in [4.78, 5) is 2.70. The van der Waals surface area contributed by atoms with E-state index in [9.17, 15) is 17.2 Å². The van der Waals surface area contributed by atoms with E-state index in [1.165, 1.54) is 6.07 Å². The summed E-state index contributed by atoms with van der Waals surface area (Å²) in [5.41, 5.74) is -1.27. The largest absolute Gasteiger partial charge is 0.280 e. The predicted octanol–water partition coefficient (Wildman–Crippen LogP) is 1.30. The smallest absolute Gasteiger partial charge is 0.235 e. The highest BCUT2D eigenvalue weighted by Gasteiger charge is 2.21. The molecule has 0 amide bonds. The minimum atomic E-state index is -4.19. The minimum Gasteiger partial charge on any atom is -0.235 e. The first kappa shape index (κ1) is 13.0. The van der Waals surface area contributed by atoms with E-state index < -0.39 is 32.7 Å². The molecule has 86 valence electrons. The maximum absolute atomic E-state index is 12.4. The van der Waals surface area contributed by atoms with Gasteiger partial charge in [0, 0.05) is 0 Å². The Bertz CT molecular complexity index is 568. The van der Waals surface area contributed by atoms with Crippen molar-refractivity contribution in [3.63, 3.8) is 0 Å². The summed E-state index contributed by atoms with van der Waals surface area (Å²) in [5, 5.41) is 13.4. The number of hydrogen-bond donors (Lipinski definition) is 1. The number of hydrogen-bond acceptors (Lipinski definition) is 4. The Kier molecular flexibility index (Phi) is 3.57. The molecule has 0 aliphatic rings. The molecule has 0 saturated carbocycles. The summed E-state index contributed by atoms with van der Waals surface area (Å²) < 4.78 is 46.6. The standard InChI is InChI=1S/C7H4BrF2N3O2S/c8-6-4(2-11)13-3(7(9)10)1-5(6)16(12,14)15/h1,7H,(H2,12,14,15). The Morgan fingerprint density at radius 2 is 2.12 bits per heavy atom. The summed E-state index contributed by atoms with van der Waals surface area (Å²) in [6, 6.07) is 2.12. The lowest BCUT2D eigenvalue weighted by Gasteiger charge is -2.06. The van der Waals surface area contributed by atoms with Gasteiger partial charge >= 0.3 is 0 Å². The molecule has 16 heavy (non-hydrogen) atoms. The van der Waals surface area contributed by atoms with E-state index in [4.69, 9.17) is 10.4 Å². The zero-order valence-electron chi connectivity index (χ0n) is 7.49. The van der Waals surface area contributed by atoms with Crippen LogP contribution in [0.3, 0.4) is 0 Å². The molecule has 0 unspecified atom stereocenters. The molecule has 5 nitrogen and oxygen atoms in total. The van der Waals surface area contributed by atoms with Crippen LogP contribution >= 0.6 is 15.9 Å². The number of nitrogens with two attached hydrogens (primary N) is 1. The topological polar surface area (TPSA) is 96.8 Å². The molecule has 0 aromatic carbocycles. The quantitative estimate of drug-likeness (QED) is 0.890. The lowest BCUT2D eigenvalue weighted by molar-refractivity contribution is 0.145. The zero-order valence-corrected chi connectivity index (χ0v) is 9.89. The van der Waals surface area contributed by atoms with Gasteiger partial charge in [0.25, 0.3) is 6.43 Å². The molecule has 0 fully saturated rings. The van der Waals surface area contributed by atoms with E-state index in [1.807, 2.05) is 0 Å². The third-order valence-corrected chi connectivity index (χ3v) is 3.58. The van der Waals surface area contributed by atoms with Crippen LogP contribution < -0.4 is 5.14 Å². The third-order valence-electron chi connectivity index (χ3n) is 1.58. The van der Waals surface area contributed by atoms with Crippen molar-refractivity contribution < 1.29 is 17.2 Å². The molecular weight excluding hydrogens is 308 g/mol. The number of primary sulfonamides is 1. The highest BCUT2D eigenvalue weighted by Crippen LogP contribution is 2.28. The molecule has 2 N–H and O–H groups in total. The van der Waals surface area contributed by atoms with Gasteiger partial charge in [-0.1, -0.05) is 0 Å². The van der Waals surface area contributed by atoms with Crippen LogP contribution in [0.4, 0.5) is 8.78 Å². The fraction of sp³-hybridized carbons (Fsp3) is 0.143. The molecule has 0 aliphatic heterocycles. The Morgan fingerprint density at radius 1 is 1.56 bits per heavy atom. The molecular formula is C7H4BrF2N3O2S. The van der Waals surface area contributed by atoms with Crippen LogP contribution in [0.2, 0.25) is 0 Å². The third kappa shape index (κ3) is 2.52. The molecule has 1 aromatic rings. The molecule has 1 heterocycles. The summed E-state index contributed by atoms with van der Waals surface area (Å²) in [7, 11) is -4.19. The van der Waals surface area contributed by atoms with Gasteiger partial charge in [0.05, 0.1) is 4.47 Å². The van der Waals surface area contributed by atoms with Crippen LogP contribution in [0, 0.1) is 11.3 Å². The van der Waals surface area contributed by atoms with Crippen molar-refractivity contribution in [3.8, 4) is 6.07 Å². The minimum absolute atomic E-state index is 0.220. The maximum Gasteiger partial charge on any atom is 0.280 e. The number of sulfonamides is 1. The Hall–Kier alpha value is -1.11. The first-order valence-electron chi connectivity index (χ1n) is 3.69. The van der Waals surface area contributed by atoms with Gasteiger partial charge < -0.3 is 0 Å². The highest BCUT2D eigenvalue weighted by molar-refractivity contribution is 9.10. The van der Waals surface area contributed by atoms with Gasteiger partial charge in [-0.25, -0.2) is 27.3 Å². The van der Waals surface area contributed by atoms with Crippen molar-refractivity contribution >= 4 is 26.0 Å². The average molecular weight is 312 g/mol. The van der Waals surface area contributed by atoms with Gasteiger partial charge in [-0.15, -0.1) is 0 Å². The van der Waals surface area contributed by atoms with Gasteiger partial charge in [-0.05, 0) is 22.0 Å². The molecule has 0 spiro atoms. The Labute approximate surface area is 98.1 Å². The van der Waals surface area contributed by atoms with Crippen molar-refractivity contribution in [2.45, 2.75) is 11.3 Å². The fourth-order valence-electron chi connectivity index (χ4n) is 0.918. The molecule has 1 aromatic heterocycles. The van der Waals surface area contributed by atoms with E-state index in [-0.39, 0.29) is 4.47 Å². The number of alkyl halides is 2. The second-order valence-electron chi connectivity index (χ2n) is 2.67. The van der Waals surface area contributed by atoms with E-state index in [0.717, 1.165) is 0 Å². The second kappa shape index (κ2) is 4.40. The number of aromatic nitrogens is 1. The lowest BCUT2D eigenvalue weighted by atomic mass is 10.3. The first-order chi connectivity index (χ1) is 7.27. The van der Waals surface area contributed by atoms with E-state index in [0.29, 0.717) is 6.07 Å². The molecule has 1 rings (SSSR count). The zero-order chi connectivity index (χ0) is 12.5. The molecule has 0 saturated heterocycles. The van der Waals surface area contributed by atoms with Crippen molar-refractivity contribution in [2.75, 3.05) is 0 Å². The predicted molar refractivity (Wildman–Crippen MR) is 53.0 cm³/mol. The average Bonchev–Trinajstić information content (AvgIpc) is 2.15. The number of halogens is 3. The van der Waals surface area contributed by atoms with Crippen LogP contribution in [-0.4, -0.2) is 13.4 Å². The normalized spacial score (nSPS) is 11.5. The first-order valence-corrected chi connectivity index (χ1v) is 6.02.